The Bertz CT molecular complexity index is 183. The van der Waals surface area contributed by atoms with Gasteiger partial charge >= 0.3 is 0 Å². The van der Waals surface area contributed by atoms with Crippen LogP contribution < -0.4 is 10.6 Å². The molecule has 0 aliphatic carbocycles. The number of nitrogens with zero attached hydrogens (tertiary/aromatic N) is 2. The van der Waals surface area contributed by atoms with Crippen LogP contribution in [0.5, 0.6) is 0 Å². The highest BCUT2D eigenvalue weighted by molar-refractivity contribution is 14.0. The van der Waals surface area contributed by atoms with E-state index in [0.717, 1.165) is 45.4 Å². The quantitative estimate of drug-likeness (QED) is 0.426. The smallest absolute Gasteiger partial charge is 0.190 e. The summed E-state index contributed by atoms with van der Waals surface area (Å²) in [5.74, 6) is 0.846. The molecule has 0 aromatic heterocycles. The Morgan fingerprint density at radius 1 is 1.40 bits per heavy atom. The summed E-state index contributed by atoms with van der Waals surface area (Å²) in [5, 5.41) is 6.21. The SMILES string of the molecule is CN=C(NC)NCCN1CCOCC1.I. The molecule has 1 fully saturated rings. The molecule has 0 amide bonds. The van der Waals surface area contributed by atoms with Crippen molar-refractivity contribution in [3.05, 3.63) is 0 Å². The van der Waals surface area contributed by atoms with Gasteiger partial charge in [-0.2, -0.15) is 0 Å². The molecule has 0 aromatic carbocycles. The molecule has 1 saturated heterocycles. The van der Waals surface area contributed by atoms with Crippen molar-refractivity contribution in [3.8, 4) is 0 Å². The average Bonchev–Trinajstić information content (AvgIpc) is 2.26. The summed E-state index contributed by atoms with van der Waals surface area (Å²) in [5.41, 5.74) is 0. The molecular formula is C9H21IN4O. The standard InChI is InChI=1S/C9H20N4O.HI/c1-10-9(11-2)12-3-4-13-5-7-14-8-6-13;/h3-8H2,1-2H3,(H2,10,11,12);1H. The first kappa shape index (κ1) is 14.9. The highest BCUT2D eigenvalue weighted by Crippen LogP contribution is 1.94. The van der Waals surface area contributed by atoms with Gasteiger partial charge in [-0.3, -0.25) is 9.89 Å². The zero-order valence-corrected chi connectivity index (χ0v) is 11.8. The Morgan fingerprint density at radius 3 is 2.60 bits per heavy atom. The van der Waals surface area contributed by atoms with Gasteiger partial charge in [0.1, 0.15) is 0 Å². The largest absolute Gasteiger partial charge is 0.379 e. The predicted molar refractivity (Wildman–Crippen MR) is 73.1 cm³/mol. The van der Waals surface area contributed by atoms with Crippen molar-refractivity contribution in [1.29, 1.82) is 0 Å². The maximum atomic E-state index is 5.27. The summed E-state index contributed by atoms with van der Waals surface area (Å²) in [6, 6.07) is 0. The Labute approximate surface area is 109 Å². The van der Waals surface area contributed by atoms with Gasteiger partial charge in [0.25, 0.3) is 0 Å². The summed E-state index contributed by atoms with van der Waals surface area (Å²) in [6.07, 6.45) is 0. The first-order chi connectivity index (χ1) is 6.86. The van der Waals surface area contributed by atoms with Crippen LogP contribution in [-0.4, -0.2) is 64.3 Å². The fourth-order valence-electron chi connectivity index (χ4n) is 1.44. The van der Waals surface area contributed by atoms with Crippen molar-refractivity contribution >= 4 is 29.9 Å². The Morgan fingerprint density at radius 2 is 2.07 bits per heavy atom. The average molecular weight is 328 g/mol. The van der Waals surface area contributed by atoms with E-state index in [-0.39, 0.29) is 24.0 Å². The first-order valence-corrected chi connectivity index (χ1v) is 5.05. The number of morpholine rings is 1. The topological polar surface area (TPSA) is 48.9 Å². The molecule has 0 atom stereocenters. The number of guanidine groups is 1. The number of rotatable bonds is 3. The van der Waals surface area contributed by atoms with E-state index in [1.807, 2.05) is 7.05 Å². The molecule has 90 valence electrons. The first-order valence-electron chi connectivity index (χ1n) is 5.05. The molecule has 1 rings (SSSR count). The minimum Gasteiger partial charge on any atom is -0.379 e. The van der Waals surface area contributed by atoms with Crippen LogP contribution in [0.2, 0.25) is 0 Å². The Kier molecular flexibility index (Phi) is 9.12. The van der Waals surface area contributed by atoms with Crippen LogP contribution in [0.1, 0.15) is 0 Å². The van der Waals surface area contributed by atoms with Crippen LogP contribution >= 0.6 is 24.0 Å². The fraction of sp³-hybridized carbons (Fsp3) is 0.889. The molecule has 1 aliphatic heterocycles. The number of halogens is 1. The Hall–Kier alpha value is -0.0800. The molecule has 2 N–H and O–H groups in total. The molecule has 1 aliphatic rings. The molecule has 0 radical (unpaired) electrons. The summed E-state index contributed by atoms with van der Waals surface area (Å²) in [4.78, 5) is 6.43. The van der Waals surface area contributed by atoms with E-state index in [9.17, 15) is 0 Å². The Balaban J connectivity index is 0.00000196. The number of ether oxygens (including phenoxy) is 1. The van der Waals surface area contributed by atoms with E-state index in [2.05, 4.69) is 20.5 Å². The van der Waals surface area contributed by atoms with Gasteiger partial charge < -0.3 is 15.4 Å². The second-order valence-electron chi connectivity index (χ2n) is 3.20. The van der Waals surface area contributed by atoms with Crippen LogP contribution in [0, 0.1) is 0 Å². The lowest BCUT2D eigenvalue weighted by molar-refractivity contribution is 0.0389. The van der Waals surface area contributed by atoms with Gasteiger partial charge in [-0.1, -0.05) is 0 Å². The van der Waals surface area contributed by atoms with Crippen molar-refractivity contribution < 1.29 is 4.74 Å². The second kappa shape index (κ2) is 9.17. The normalized spacial score (nSPS) is 18.1. The highest BCUT2D eigenvalue weighted by atomic mass is 127. The van der Waals surface area contributed by atoms with Crippen molar-refractivity contribution in [1.82, 2.24) is 15.5 Å². The van der Waals surface area contributed by atoms with Gasteiger partial charge in [0.05, 0.1) is 13.2 Å². The monoisotopic (exact) mass is 328 g/mol. The summed E-state index contributed by atoms with van der Waals surface area (Å²) in [6.45, 7) is 5.78. The number of hydrogen-bond donors (Lipinski definition) is 2. The second-order valence-corrected chi connectivity index (χ2v) is 3.20. The van der Waals surface area contributed by atoms with Crippen molar-refractivity contribution in [2.24, 2.45) is 4.99 Å². The number of nitrogens with one attached hydrogen (secondary N) is 2. The van der Waals surface area contributed by atoms with Crippen LogP contribution in [0.3, 0.4) is 0 Å². The molecule has 1 heterocycles. The zero-order valence-electron chi connectivity index (χ0n) is 9.45. The van der Waals surface area contributed by atoms with Crippen molar-refractivity contribution in [2.45, 2.75) is 0 Å². The van der Waals surface area contributed by atoms with E-state index < -0.39 is 0 Å². The lowest BCUT2D eigenvalue weighted by Gasteiger charge is -2.26. The van der Waals surface area contributed by atoms with E-state index in [1.165, 1.54) is 0 Å². The van der Waals surface area contributed by atoms with Gasteiger partial charge in [-0.15, -0.1) is 24.0 Å². The molecule has 6 heteroatoms. The number of hydrogen-bond acceptors (Lipinski definition) is 3. The third-order valence-corrected chi connectivity index (χ3v) is 2.28. The van der Waals surface area contributed by atoms with E-state index in [0.29, 0.717) is 0 Å². The lowest BCUT2D eigenvalue weighted by Crippen LogP contribution is -2.43. The minimum absolute atomic E-state index is 0. The van der Waals surface area contributed by atoms with Gasteiger partial charge in [0, 0.05) is 40.3 Å². The van der Waals surface area contributed by atoms with Gasteiger partial charge in [-0.25, -0.2) is 0 Å². The molecule has 5 nitrogen and oxygen atoms in total. The molecule has 0 bridgehead atoms. The molecular weight excluding hydrogens is 307 g/mol. The van der Waals surface area contributed by atoms with Gasteiger partial charge in [-0.05, 0) is 0 Å². The van der Waals surface area contributed by atoms with E-state index in [4.69, 9.17) is 4.74 Å². The fourth-order valence-corrected chi connectivity index (χ4v) is 1.44. The molecule has 0 aromatic rings. The highest BCUT2D eigenvalue weighted by Gasteiger charge is 2.09. The van der Waals surface area contributed by atoms with Crippen LogP contribution in [0.25, 0.3) is 0 Å². The summed E-state index contributed by atoms with van der Waals surface area (Å²) < 4.78 is 5.27. The molecule has 0 spiro atoms. The number of aliphatic imine (C=N–C) groups is 1. The minimum atomic E-state index is 0. The summed E-state index contributed by atoms with van der Waals surface area (Å²) >= 11 is 0. The van der Waals surface area contributed by atoms with Gasteiger partial charge in [0.2, 0.25) is 0 Å². The lowest BCUT2D eigenvalue weighted by atomic mass is 10.4. The third kappa shape index (κ3) is 6.16. The van der Waals surface area contributed by atoms with Crippen LogP contribution in [-0.2, 0) is 4.74 Å². The summed E-state index contributed by atoms with van der Waals surface area (Å²) in [7, 11) is 3.64. The van der Waals surface area contributed by atoms with Crippen LogP contribution in [0.4, 0.5) is 0 Å². The van der Waals surface area contributed by atoms with Crippen molar-refractivity contribution in [3.63, 3.8) is 0 Å². The van der Waals surface area contributed by atoms with Crippen LogP contribution in [0.15, 0.2) is 4.99 Å². The zero-order chi connectivity index (χ0) is 10.2. The molecule has 15 heavy (non-hydrogen) atoms. The third-order valence-electron chi connectivity index (χ3n) is 2.28. The molecule has 0 unspecified atom stereocenters. The predicted octanol–water partition coefficient (Wildman–Crippen LogP) is -0.269. The van der Waals surface area contributed by atoms with Crippen molar-refractivity contribution in [2.75, 3.05) is 53.5 Å². The van der Waals surface area contributed by atoms with E-state index in [1.54, 1.807) is 7.05 Å². The van der Waals surface area contributed by atoms with E-state index >= 15 is 0 Å². The maximum absolute atomic E-state index is 5.27. The maximum Gasteiger partial charge on any atom is 0.190 e. The molecule has 0 saturated carbocycles. The van der Waals surface area contributed by atoms with Gasteiger partial charge in [0.15, 0.2) is 5.96 Å².